The zero-order valence-corrected chi connectivity index (χ0v) is 5.13. The summed E-state index contributed by atoms with van der Waals surface area (Å²) in [5, 5.41) is 3.36. The van der Waals surface area contributed by atoms with E-state index in [1.807, 2.05) is 0 Å². The van der Waals surface area contributed by atoms with E-state index in [0.29, 0.717) is 12.1 Å². The normalized spacial score (nSPS) is 9.44. The third kappa shape index (κ3) is 1.26. The summed E-state index contributed by atoms with van der Waals surface area (Å²) in [5.74, 6) is 0.460. The van der Waals surface area contributed by atoms with Crippen LogP contribution in [0.3, 0.4) is 0 Å². The second-order valence-electron chi connectivity index (χ2n) is 1.30. The zero-order chi connectivity index (χ0) is 6.69. The molecule has 1 aromatic heterocycles. The minimum atomic E-state index is -0.0364. The molecule has 0 spiro atoms. The SMILES string of the molecule is O=Cc1nc(CCl)no1. The van der Waals surface area contributed by atoms with Gasteiger partial charge in [0.15, 0.2) is 5.82 Å². The largest absolute Gasteiger partial charge is 0.331 e. The molecular formula is C4H3ClN2O2. The van der Waals surface area contributed by atoms with Gasteiger partial charge in [-0.2, -0.15) is 4.98 Å². The Morgan fingerprint density at radius 2 is 2.56 bits per heavy atom. The zero-order valence-electron chi connectivity index (χ0n) is 4.37. The topological polar surface area (TPSA) is 56.0 Å². The lowest BCUT2D eigenvalue weighted by molar-refractivity contribution is 0.108. The number of hydrogen-bond acceptors (Lipinski definition) is 4. The molecule has 0 amide bonds. The standard InChI is InChI=1S/C4H3ClN2O2/c5-1-3-6-4(2-8)9-7-3/h2H,1H2. The lowest BCUT2D eigenvalue weighted by Crippen LogP contribution is -1.80. The fourth-order valence-electron chi connectivity index (χ4n) is 0.370. The Bertz CT molecular complexity index is 210. The van der Waals surface area contributed by atoms with Crippen molar-refractivity contribution in [1.29, 1.82) is 0 Å². The van der Waals surface area contributed by atoms with Crippen molar-refractivity contribution in [3.63, 3.8) is 0 Å². The van der Waals surface area contributed by atoms with Crippen molar-refractivity contribution >= 4 is 17.9 Å². The first-order chi connectivity index (χ1) is 4.36. The van der Waals surface area contributed by atoms with E-state index in [1.165, 1.54) is 0 Å². The minimum absolute atomic E-state index is 0.0364. The highest BCUT2D eigenvalue weighted by Gasteiger charge is 2.00. The maximum Gasteiger partial charge on any atom is 0.290 e. The predicted octanol–water partition coefficient (Wildman–Crippen LogP) is 0.621. The summed E-state index contributed by atoms with van der Waals surface area (Å²) in [7, 11) is 0. The number of rotatable bonds is 2. The summed E-state index contributed by atoms with van der Waals surface area (Å²) >= 11 is 5.30. The van der Waals surface area contributed by atoms with Crippen LogP contribution in [0.15, 0.2) is 4.52 Å². The van der Waals surface area contributed by atoms with E-state index < -0.39 is 0 Å². The van der Waals surface area contributed by atoms with Crippen molar-refractivity contribution in [1.82, 2.24) is 10.1 Å². The third-order valence-electron chi connectivity index (χ3n) is 0.704. The molecule has 0 radical (unpaired) electrons. The van der Waals surface area contributed by atoms with Crippen molar-refractivity contribution in [3.05, 3.63) is 11.7 Å². The average molecular weight is 147 g/mol. The van der Waals surface area contributed by atoms with Crippen molar-refractivity contribution in [2.45, 2.75) is 5.88 Å². The van der Waals surface area contributed by atoms with Crippen LogP contribution in [0.5, 0.6) is 0 Å². The summed E-state index contributed by atoms with van der Waals surface area (Å²) in [6, 6.07) is 0. The van der Waals surface area contributed by atoms with Gasteiger partial charge in [0.25, 0.3) is 5.89 Å². The third-order valence-corrected chi connectivity index (χ3v) is 0.943. The Morgan fingerprint density at radius 1 is 1.78 bits per heavy atom. The molecule has 0 aliphatic heterocycles. The second kappa shape index (κ2) is 2.59. The van der Waals surface area contributed by atoms with Gasteiger partial charge in [0, 0.05) is 0 Å². The second-order valence-corrected chi connectivity index (χ2v) is 1.57. The van der Waals surface area contributed by atoms with Gasteiger partial charge in [-0.3, -0.25) is 4.79 Å². The molecule has 1 rings (SSSR count). The molecule has 0 aromatic carbocycles. The molecule has 4 nitrogen and oxygen atoms in total. The Morgan fingerprint density at radius 3 is 2.89 bits per heavy atom. The summed E-state index contributed by atoms with van der Waals surface area (Å²) < 4.78 is 4.39. The molecule has 1 heterocycles. The van der Waals surface area contributed by atoms with E-state index in [0.717, 1.165) is 0 Å². The van der Waals surface area contributed by atoms with Crippen LogP contribution in [0.4, 0.5) is 0 Å². The first-order valence-corrected chi connectivity index (χ1v) is 2.74. The molecule has 0 aliphatic rings. The van der Waals surface area contributed by atoms with Gasteiger partial charge in [0.1, 0.15) is 0 Å². The van der Waals surface area contributed by atoms with Crippen LogP contribution in [-0.2, 0) is 5.88 Å². The molecule has 48 valence electrons. The van der Waals surface area contributed by atoms with Crippen LogP contribution >= 0.6 is 11.6 Å². The van der Waals surface area contributed by atoms with Gasteiger partial charge in [-0.25, -0.2) is 0 Å². The molecule has 0 N–H and O–H groups in total. The van der Waals surface area contributed by atoms with Crippen LogP contribution in [0, 0.1) is 0 Å². The van der Waals surface area contributed by atoms with Gasteiger partial charge in [-0.05, 0) is 0 Å². The molecule has 0 atom stereocenters. The van der Waals surface area contributed by atoms with Gasteiger partial charge < -0.3 is 4.52 Å². The van der Waals surface area contributed by atoms with E-state index >= 15 is 0 Å². The Labute approximate surface area is 55.8 Å². The molecule has 0 saturated heterocycles. The quantitative estimate of drug-likeness (QED) is 0.453. The van der Waals surface area contributed by atoms with E-state index in [1.54, 1.807) is 0 Å². The maximum atomic E-state index is 9.90. The molecule has 1 aromatic rings. The fourth-order valence-corrected chi connectivity index (χ4v) is 0.478. The van der Waals surface area contributed by atoms with E-state index in [4.69, 9.17) is 11.6 Å². The molecule has 0 saturated carbocycles. The van der Waals surface area contributed by atoms with Crippen LogP contribution in [0.2, 0.25) is 0 Å². The number of alkyl halides is 1. The van der Waals surface area contributed by atoms with Gasteiger partial charge in [0.2, 0.25) is 6.29 Å². The van der Waals surface area contributed by atoms with E-state index in [-0.39, 0.29) is 11.8 Å². The summed E-state index contributed by atoms with van der Waals surface area (Å²) in [6.45, 7) is 0. The van der Waals surface area contributed by atoms with Gasteiger partial charge in [-0.1, -0.05) is 5.16 Å². The highest BCUT2D eigenvalue weighted by atomic mass is 35.5. The van der Waals surface area contributed by atoms with Gasteiger partial charge >= 0.3 is 0 Å². The molecule has 0 fully saturated rings. The van der Waals surface area contributed by atoms with Gasteiger partial charge in [0.05, 0.1) is 5.88 Å². The molecule has 0 bridgehead atoms. The molecule has 5 heteroatoms. The molecule has 9 heavy (non-hydrogen) atoms. The maximum absolute atomic E-state index is 9.90. The summed E-state index contributed by atoms with van der Waals surface area (Å²) in [5.41, 5.74) is 0. The number of hydrogen-bond donors (Lipinski definition) is 0. The predicted molar refractivity (Wildman–Crippen MR) is 29.2 cm³/mol. The molecule has 0 aliphatic carbocycles. The smallest absolute Gasteiger partial charge is 0.290 e. The van der Waals surface area contributed by atoms with Crippen LogP contribution in [0.1, 0.15) is 16.5 Å². The number of nitrogens with zero attached hydrogens (tertiary/aromatic N) is 2. The van der Waals surface area contributed by atoms with Gasteiger partial charge in [-0.15, -0.1) is 11.6 Å². The summed E-state index contributed by atoms with van der Waals surface area (Å²) in [6.07, 6.45) is 0.475. The van der Waals surface area contributed by atoms with Crippen LogP contribution < -0.4 is 0 Å². The number of carbonyl (C=O) groups is 1. The average Bonchev–Trinajstić information content (AvgIpc) is 2.34. The highest BCUT2D eigenvalue weighted by molar-refractivity contribution is 6.16. The van der Waals surface area contributed by atoms with Crippen molar-refractivity contribution < 1.29 is 9.32 Å². The Balaban J connectivity index is 2.86. The Hall–Kier alpha value is -0.900. The van der Waals surface area contributed by atoms with Crippen molar-refractivity contribution in [2.24, 2.45) is 0 Å². The highest BCUT2D eigenvalue weighted by Crippen LogP contribution is 1.96. The molecule has 0 unspecified atom stereocenters. The first-order valence-electron chi connectivity index (χ1n) is 2.20. The van der Waals surface area contributed by atoms with Crippen molar-refractivity contribution in [3.8, 4) is 0 Å². The first kappa shape index (κ1) is 6.22. The van der Waals surface area contributed by atoms with Crippen LogP contribution in [0.25, 0.3) is 0 Å². The molecular weight excluding hydrogens is 144 g/mol. The summed E-state index contributed by atoms with van der Waals surface area (Å²) in [4.78, 5) is 13.5. The van der Waals surface area contributed by atoms with E-state index in [2.05, 4.69) is 14.7 Å². The van der Waals surface area contributed by atoms with E-state index in [9.17, 15) is 4.79 Å². The minimum Gasteiger partial charge on any atom is -0.331 e. The number of aldehydes is 1. The fraction of sp³-hybridized carbons (Fsp3) is 0.250. The number of carbonyl (C=O) groups excluding carboxylic acids is 1. The Kier molecular flexibility index (Phi) is 1.79. The number of aromatic nitrogens is 2. The van der Waals surface area contributed by atoms with Crippen LogP contribution in [-0.4, -0.2) is 16.4 Å². The monoisotopic (exact) mass is 146 g/mol. The lowest BCUT2D eigenvalue weighted by Gasteiger charge is -1.71. The van der Waals surface area contributed by atoms with Crippen molar-refractivity contribution in [2.75, 3.05) is 0 Å². The lowest BCUT2D eigenvalue weighted by atomic mass is 10.7. The number of halogens is 1.